The molecule has 6 nitrogen and oxygen atoms in total. The van der Waals surface area contributed by atoms with Crippen molar-refractivity contribution in [2.75, 3.05) is 5.32 Å². The van der Waals surface area contributed by atoms with Crippen molar-refractivity contribution >= 4 is 33.1 Å². The summed E-state index contributed by atoms with van der Waals surface area (Å²) >= 11 is 1.27. The minimum Gasteiger partial charge on any atom is -0.325 e. The number of hydrogen-bond donors (Lipinski definition) is 1. The van der Waals surface area contributed by atoms with E-state index < -0.39 is 5.69 Å². The first-order valence-corrected chi connectivity index (χ1v) is 11.5. The SMILES string of the molecule is Cc1cc(C)cc(-n2c(=O)c3sccc3n(CC(=O)Nc3ccc4c(c3)CCC4)c2=O)c1. The number of hydrogen-bond acceptors (Lipinski definition) is 4. The lowest BCUT2D eigenvalue weighted by Gasteiger charge is -2.14. The van der Waals surface area contributed by atoms with E-state index in [0.717, 1.165) is 36.1 Å². The Bertz CT molecular complexity index is 1470. The summed E-state index contributed by atoms with van der Waals surface area (Å²) in [6.45, 7) is 3.68. The van der Waals surface area contributed by atoms with E-state index in [0.29, 0.717) is 15.9 Å². The Balaban J connectivity index is 1.55. The topological polar surface area (TPSA) is 73.1 Å². The number of aromatic nitrogens is 2. The summed E-state index contributed by atoms with van der Waals surface area (Å²) in [4.78, 5) is 39.4. The number of thiophene rings is 1. The van der Waals surface area contributed by atoms with Crippen LogP contribution < -0.4 is 16.6 Å². The molecule has 0 bridgehead atoms. The average Bonchev–Trinajstić information content (AvgIpc) is 3.40. The highest BCUT2D eigenvalue weighted by Crippen LogP contribution is 2.25. The largest absolute Gasteiger partial charge is 0.336 e. The minimum absolute atomic E-state index is 0.172. The number of nitrogens with zero attached hydrogens (tertiary/aromatic N) is 2. The molecule has 32 heavy (non-hydrogen) atoms. The fraction of sp³-hybridized carbons (Fsp3) is 0.240. The molecule has 2 heterocycles. The Morgan fingerprint density at radius 1 is 1.00 bits per heavy atom. The summed E-state index contributed by atoms with van der Waals surface area (Å²) in [7, 11) is 0. The molecule has 1 aliphatic rings. The van der Waals surface area contributed by atoms with Crippen molar-refractivity contribution in [2.45, 2.75) is 39.7 Å². The maximum absolute atomic E-state index is 13.4. The zero-order valence-electron chi connectivity index (χ0n) is 18.0. The molecule has 5 rings (SSSR count). The third-order valence-corrected chi connectivity index (χ3v) is 6.80. The van der Waals surface area contributed by atoms with Gasteiger partial charge in [-0.1, -0.05) is 12.1 Å². The first kappa shape index (κ1) is 20.5. The summed E-state index contributed by atoms with van der Waals surface area (Å²) in [5, 5.41) is 4.68. The van der Waals surface area contributed by atoms with Gasteiger partial charge in [-0.3, -0.25) is 14.2 Å². The van der Waals surface area contributed by atoms with Gasteiger partial charge in [0.25, 0.3) is 5.56 Å². The lowest BCUT2D eigenvalue weighted by molar-refractivity contribution is -0.116. The molecule has 1 amide bonds. The van der Waals surface area contributed by atoms with Gasteiger partial charge in [0.1, 0.15) is 11.2 Å². The van der Waals surface area contributed by atoms with Gasteiger partial charge in [-0.05, 0) is 91.1 Å². The highest BCUT2D eigenvalue weighted by atomic mass is 32.1. The molecule has 0 unspecified atom stereocenters. The van der Waals surface area contributed by atoms with Crippen LogP contribution in [0.1, 0.15) is 28.7 Å². The summed E-state index contributed by atoms with van der Waals surface area (Å²) in [6.07, 6.45) is 3.24. The molecule has 162 valence electrons. The summed E-state index contributed by atoms with van der Waals surface area (Å²) in [5.74, 6) is -0.303. The Kier molecular flexibility index (Phi) is 5.06. The van der Waals surface area contributed by atoms with Gasteiger partial charge in [-0.2, -0.15) is 0 Å². The number of rotatable bonds is 4. The second-order valence-corrected chi connectivity index (χ2v) is 9.29. The van der Waals surface area contributed by atoms with Crippen LogP contribution in [0.5, 0.6) is 0 Å². The van der Waals surface area contributed by atoms with Crippen molar-refractivity contribution in [3.63, 3.8) is 0 Å². The highest BCUT2D eigenvalue weighted by Gasteiger charge is 2.18. The number of benzene rings is 2. The van der Waals surface area contributed by atoms with E-state index in [4.69, 9.17) is 0 Å². The number of carbonyl (C=O) groups is 1. The van der Waals surface area contributed by atoms with E-state index >= 15 is 0 Å². The number of aryl methyl sites for hydroxylation is 4. The van der Waals surface area contributed by atoms with Crippen LogP contribution in [0.15, 0.2) is 57.4 Å². The van der Waals surface area contributed by atoms with Gasteiger partial charge in [0.15, 0.2) is 0 Å². The first-order chi connectivity index (χ1) is 15.4. The van der Waals surface area contributed by atoms with Crippen LogP contribution in [0.4, 0.5) is 5.69 Å². The van der Waals surface area contributed by atoms with Gasteiger partial charge in [0.2, 0.25) is 5.91 Å². The first-order valence-electron chi connectivity index (χ1n) is 10.6. The zero-order valence-corrected chi connectivity index (χ0v) is 18.8. The standard InChI is InChI=1S/C25H23N3O3S/c1-15-10-16(2)12-20(11-15)28-24(30)23-21(8-9-32-23)27(25(28)31)14-22(29)26-19-7-6-17-4-3-5-18(17)13-19/h6-13H,3-5,14H2,1-2H3,(H,26,29). The molecule has 1 aliphatic carbocycles. The molecule has 2 aromatic heterocycles. The minimum atomic E-state index is -0.519. The van der Waals surface area contributed by atoms with E-state index in [9.17, 15) is 14.4 Å². The smallest absolute Gasteiger partial charge is 0.325 e. The van der Waals surface area contributed by atoms with Gasteiger partial charge in [0.05, 0.1) is 11.2 Å². The van der Waals surface area contributed by atoms with Crippen molar-refractivity contribution in [2.24, 2.45) is 0 Å². The third kappa shape index (κ3) is 3.58. The summed E-state index contributed by atoms with van der Waals surface area (Å²) in [6, 6.07) is 13.3. The van der Waals surface area contributed by atoms with E-state index in [1.165, 1.54) is 31.6 Å². The second-order valence-electron chi connectivity index (χ2n) is 8.38. The van der Waals surface area contributed by atoms with Crippen LogP contribution in [-0.4, -0.2) is 15.0 Å². The zero-order chi connectivity index (χ0) is 22.4. The number of nitrogens with one attached hydrogen (secondary N) is 1. The highest BCUT2D eigenvalue weighted by molar-refractivity contribution is 7.17. The van der Waals surface area contributed by atoms with Gasteiger partial charge in [0, 0.05) is 5.69 Å². The van der Waals surface area contributed by atoms with E-state index in [1.54, 1.807) is 11.4 Å². The monoisotopic (exact) mass is 445 g/mol. The quantitative estimate of drug-likeness (QED) is 0.517. The van der Waals surface area contributed by atoms with E-state index in [1.807, 2.05) is 44.2 Å². The van der Waals surface area contributed by atoms with E-state index in [2.05, 4.69) is 11.4 Å². The van der Waals surface area contributed by atoms with E-state index in [-0.39, 0.29) is 18.0 Å². The maximum Gasteiger partial charge on any atom is 0.336 e. The molecular formula is C25H23N3O3S. The molecule has 4 aromatic rings. The average molecular weight is 446 g/mol. The van der Waals surface area contributed by atoms with Crippen LogP contribution in [-0.2, 0) is 24.2 Å². The molecule has 2 aromatic carbocycles. The number of amides is 1. The number of carbonyl (C=O) groups excluding carboxylic acids is 1. The van der Waals surface area contributed by atoms with Crippen molar-refractivity contribution < 1.29 is 4.79 Å². The molecule has 0 aliphatic heterocycles. The van der Waals surface area contributed by atoms with Crippen LogP contribution in [0.2, 0.25) is 0 Å². The van der Waals surface area contributed by atoms with Crippen molar-refractivity contribution in [1.82, 2.24) is 9.13 Å². The fourth-order valence-corrected chi connectivity index (χ4v) is 5.37. The third-order valence-electron chi connectivity index (χ3n) is 5.90. The fourth-order valence-electron chi connectivity index (χ4n) is 4.54. The lowest BCUT2D eigenvalue weighted by atomic mass is 10.1. The van der Waals surface area contributed by atoms with Gasteiger partial charge in [-0.15, -0.1) is 11.3 Å². The molecule has 0 radical (unpaired) electrons. The molecule has 7 heteroatoms. The molecule has 0 fully saturated rings. The molecule has 1 N–H and O–H groups in total. The maximum atomic E-state index is 13.4. The van der Waals surface area contributed by atoms with Crippen LogP contribution >= 0.6 is 11.3 Å². The number of fused-ring (bicyclic) bond motifs is 2. The molecule has 0 spiro atoms. The molecule has 0 atom stereocenters. The Hall–Kier alpha value is -3.45. The van der Waals surface area contributed by atoms with Crippen molar-refractivity contribution in [3.05, 3.63) is 90.9 Å². The molecule has 0 saturated heterocycles. The lowest BCUT2D eigenvalue weighted by Crippen LogP contribution is -2.40. The van der Waals surface area contributed by atoms with Crippen LogP contribution in [0.3, 0.4) is 0 Å². The normalized spacial score (nSPS) is 12.8. The van der Waals surface area contributed by atoms with Crippen molar-refractivity contribution in [3.8, 4) is 5.69 Å². The van der Waals surface area contributed by atoms with Crippen LogP contribution in [0, 0.1) is 13.8 Å². The predicted octanol–water partition coefficient (Wildman–Crippen LogP) is 3.96. The van der Waals surface area contributed by atoms with Crippen molar-refractivity contribution in [1.29, 1.82) is 0 Å². The molecule has 0 saturated carbocycles. The Labute approximate surface area is 188 Å². The Morgan fingerprint density at radius 3 is 2.53 bits per heavy atom. The number of anilines is 1. The summed E-state index contributed by atoms with van der Waals surface area (Å²) in [5.41, 5.74) is 5.36. The molecular weight excluding hydrogens is 422 g/mol. The second kappa shape index (κ2) is 7.91. The summed E-state index contributed by atoms with van der Waals surface area (Å²) < 4.78 is 3.00. The van der Waals surface area contributed by atoms with Gasteiger partial charge < -0.3 is 5.32 Å². The predicted molar refractivity (Wildman–Crippen MR) is 128 cm³/mol. The van der Waals surface area contributed by atoms with Crippen LogP contribution in [0.25, 0.3) is 15.9 Å². The Morgan fingerprint density at radius 2 is 1.75 bits per heavy atom. The van der Waals surface area contributed by atoms with Gasteiger partial charge >= 0.3 is 5.69 Å². The van der Waals surface area contributed by atoms with Gasteiger partial charge in [-0.25, -0.2) is 9.36 Å².